The van der Waals surface area contributed by atoms with Gasteiger partial charge in [0.25, 0.3) is 0 Å². The fourth-order valence-corrected chi connectivity index (χ4v) is 2.56. The van der Waals surface area contributed by atoms with Crippen LogP contribution < -0.4 is 0 Å². The van der Waals surface area contributed by atoms with Gasteiger partial charge in [-0.2, -0.15) is 12.6 Å². The Bertz CT molecular complexity index is 291. The van der Waals surface area contributed by atoms with E-state index in [2.05, 4.69) is 43.8 Å². The Hall–Kier alpha value is -0.430. The molecule has 0 bridgehead atoms. The Morgan fingerprint density at radius 3 is 3.00 bits per heavy atom. The van der Waals surface area contributed by atoms with Gasteiger partial charge in [-0.25, -0.2) is 0 Å². The summed E-state index contributed by atoms with van der Waals surface area (Å²) in [6.07, 6.45) is 3.81. The molecule has 0 aliphatic heterocycles. The van der Waals surface area contributed by atoms with E-state index in [1.807, 2.05) is 0 Å². The summed E-state index contributed by atoms with van der Waals surface area (Å²) in [5.74, 6) is 0.767. The van der Waals surface area contributed by atoms with Gasteiger partial charge in [-0.3, -0.25) is 0 Å². The van der Waals surface area contributed by atoms with E-state index in [1.165, 1.54) is 19.3 Å². The predicted octanol–water partition coefficient (Wildman–Crippen LogP) is 3.42. The molecule has 0 aromatic heterocycles. The molecular weight excluding hydrogens is 176 g/mol. The third-order valence-electron chi connectivity index (χ3n) is 2.88. The van der Waals surface area contributed by atoms with Crippen LogP contribution in [0.15, 0.2) is 24.3 Å². The molecule has 1 heteroatoms. The average Bonchev–Trinajstić information content (AvgIpc) is 2.48. The third kappa shape index (κ3) is 1.91. The number of fused-ring (bicyclic) bond motifs is 1. The van der Waals surface area contributed by atoms with Crippen LogP contribution in [-0.4, -0.2) is 5.25 Å². The molecule has 70 valence electrons. The van der Waals surface area contributed by atoms with Crippen LogP contribution in [0.3, 0.4) is 0 Å². The van der Waals surface area contributed by atoms with Crippen molar-refractivity contribution in [2.75, 3.05) is 0 Å². The second-order valence-electron chi connectivity index (χ2n) is 4.02. The van der Waals surface area contributed by atoms with Crippen LogP contribution in [0.25, 0.3) is 0 Å². The number of thiol groups is 1. The number of rotatable bonds is 2. The fourth-order valence-electron chi connectivity index (χ4n) is 2.30. The lowest BCUT2D eigenvalue weighted by atomic mass is 9.96. The van der Waals surface area contributed by atoms with E-state index >= 15 is 0 Å². The largest absolute Gasteiger partial charge is 0.176 e. The minimum absolute atomic E-state index is 0.524. The van der Waals surface area contributed by atoms with Crippen molar-refractivity contribution in [1.82, 2.24) is 0 Å². The fraction of sp³-hybridized carbons (Fsp3) is 0.500. The zero-order chi connectivity index (χ0) is 9.26. The quantitative estimate of drug-likeness (QED) is 0.682. The maximum atomic E-state index is 4.46. The lowest BCUT2D eigenvalue weighted by molar-refractivity contribution is 0.618. The minimum Gasteiger partial charge on any atom is -0.176 e. The second kappa shape index (κ2) is 3.75. The van der Waals surface area contributed by atoms with Gasteiger partial charge in [0.2, 0.25) is 0 Å². The molecule has 0 radical (unpaired) electrons. The molecule has 13 heavy (non-hydrogen) atoms. The van der Waals surface area contributed by atoms with Crippen LogP contribution in [0.2, 0.25) is 0 Å². The SMILES string of the molecule is CC(S)CC1CCc2ccccc21. The zero-order valence-electron chi connectivity index (χ0n) is 8.03. The van der Waals surface area contributed by atoms with Gasteiger partial charge < -0.3 is 0 Å². The number of hydrogen-bond acceptors (Lipinski definition) is 1. The molecule has 2 rings (SSSR count). The topological polar surface area (TPSA) is 0 Å². The molecule has 1 aliphatic rings. The van der Waals surface area contributed by atoms with E-state index in [0.717, 1.165) is 5.92 Å². The molecule has 1 aliphatic carbocycles. The Labute approximate surface area is 85.8 Å². The van der Waals surface area contributed by atoms with Crippen molar-refractivity contribution < 1.29 is 0 Å². The van der Waals surface area contributed by atoms with Gasteiger partial charge >= 0.3 is 0 Å². The van der Waals surface area contributed by atoms with E-state index in [0.29, 0.717) is 5.25 Å². The Morgan fingerprint density at radius 1 is 1.46 bits per heavy atom. The summed E-state index contributed by atoms with van der Waals surface area (Å²) in [7, 11) is 0. The first-order valence-corrected chi connectivity index (χ1v) is 5.55. The van der Waals surface area contributed by atoms with Gasteiger partial charge in [-0.15, -0.1) is 0 Å². The van der Waals surface area contributed by atoms with Gasteiger partial charge in [0.05, 0.1) is 0 Å². The minimum atomic E-state index is 0.524. The summed E-state index contributed by atoms with van der Waals surface area (Å²) in [6, 6.07) is 8.84. The predicted molar refractivity (Wildman–Crippen MR) is 60.6 cm³/mol. The molecule has 2 unspecified atom stereocenters. The van der Waals surface area contributed by atoms with Gasteiger partial charge in [-0.1, -0.05) is 31.2 Å². The highest BCUT2D eigenvalue weighted by atomic mass is 32.1. The highest BCUT2D eigenvalue weighted by molar-refractivity contribution is 7.80. The summed E-state index contributed by atoms with van der Waals surface area (Å²) in [4.78, 5) is 0. The van der Waals surface area contributed by atoms with E-state index < -0.39 is 0 Å². The smallest absolute Gasteiger partial charge is 0.000577 e. The molecule has 0 saturated carbocycles. The second-order valence-corrected chi connectivity index (χ2v) is 4.90. The summed E-state index contributed by atoms with van der Waals surface area (Å²) in [5, 5.41) is 0.524. The first-order valence-electron chi connectivity index (χ1n) is 5.03. The first kappa shape index (κ1) is 9.14. The lowest BCUT2D eigenvalue weighted by Gasteiger charge is -2.13. The van der Waals surface area contributed by atoms with Crippen molar-refractivity contribution in [2.24, 2.45) is 0 Å². The van der Waals surface area contributed by atoms with Crippen LogP contribution in [0, 0.1) is 0 Å². The summed E-state index contributed by atoms with van der Waals surface area (Å²) >= 11 is 4.46. The monoisotopic (exact) mass is 192 g/mol. The Morgan fingerprint density at radius 2 is 2.23 bits per heavy atom. The molecule has 1 aromatic rings. The molecule has 0 saturated heterocycles. The Balaban J connectivity index is 2.18. The van der Waals surface area contributed by atoms with Crippen LogP contribution in [0.4, 0.5) is 0 Å². The first-order chi connectivity index (χ1) is 6.27. The molecule has 0 heterocycles. The van der Waals surface area contributed by atoms with E-state index in [-0.39, 0.29) is 0 Å². The Kier molecular flexibility index (Phi) is 2.63. The maximum absolute atomic E-state index is 4.46. The normalized spacial score (nSPS) is 22.8. The molecule has 0 fully saturated rings. The highest BCUT2D eigenvalue weighted by Gasteiger charge is 2.22. The molecule has 2 atom stereocenters. The summed E-state index contributed by atoms with van der Waals surface area (Å²) in [6.45, 7) is 2.18. The van der Waals surface area contributed by atoms with E-state index in [1.54, 1.807) is 11.1 Å². The van der Waals surface area contributed by atoms with Crippen LogP contribution in [0.5, 0.6) is 0 Å². The lowest BCUT2D eigenvalue weighted by Crippen LogP contribution is -2.00. The van der Waals surface area contributed by atoms with Crippen LogP contribution >= 0.6 is 12.6 Å². The van der Waals surface area contributed by atoms with Crippen molar-refractivity contribution in [1.29, 1.82) is 0 Å². The van der Waals surface area contributed by atoms with Gasteiger partial charge in [0.1, 0.15) is 0 Å². The van der Waals surface area contributed by atoms with Crippen LogP contribution in [0.1, 0.15) is 36.8 Å². The molecule has 0 nitrogen and oxygen atoms in total. The van der Waals surface area contributed by atoms with Crippen molar-refractivity contribution in [3.05, 3.63) is 35.4 Å². The number of aryl methyl sites for hydroxylation is 1. The molecule has 0 N–H and O–H groups in total. The number of hydrogen-bond donors (Lipinski definition) is 1. The van der Waals surface area contributed by atoms with Gasteiger partial charge in [0, 0.05) is 0 Å². The highest BCUT2D eigenvalue weighted by Crippen LogP contribution is 2.36. The molecule has 1 aromatic carbocycles. The van der Waals surface area contributed by atoms with Crippen molar-refractivity contribution >= 4 is 12.6 Å². The summed E-state index contributed by atoms with van der Waals surface area (Å²) in [5.41, 5.74) is 3.13. The maximum Gasteiger partial charge on any atom is -0.000577 e. The average molecular weight is 192 g/mol. The van der Waals surface area contributed by atoms with E-state index in [4.69, 9.17) is 0 Å². The number of benzene rings is 1. The van der Waals surface area contributed by atoms with Crippen LogP contribution in [-0.2, 0) is 6.42 Å². The molecule has 0 spiro atoms. The van der Waals surface area contributed by atoms with Crippen molar-refractivity contribution in [3.63, 3.8) is 0 Å². The standard InChI is InChI=1S/C12H16S/c1-9(13)8-11-7-6-10-4-2-3-5-12(10)11/h2-5,9,11,13H,6-8H2,1H3. The van der Waals surface area contributed by atoms with Crippen molar-refractivity contribution in [2.45, 2.75) is 37.4 Å². The van der Waals surface area contributed by atoms with E-state index in [9.17, 15) is 0 Å². The van der Waals surface area contributed by atoms with Gasteiger partial charge in [-0.05, 0) is 41.6 Å². The van der Waals surface area contributed by atoms with Crippen molar-refractivity contribution in [3.8, 4) is 0 Å². The third-order valence-corrected chi connectivity index (χ3v) is 3.09. The summed E-state index contributed by atoms with van der Waals surface area (Å²) < 4.78 is 0. The zero-order valence-corrected chi connectivity index (χ0v) is 8.93. The molecular formula is C12H16S. The molecule has 0 amide bonds. The van der Waals surface area contributed by atoms with Gasteiger partial charge in [0.15, 0.2) is 0 Å².